The molecular weight excluding hydrogens is 338 g/mol. The van der Waals surface area contributed by atoms with Crippen LogP contribution in [0.3, 0.4) is 0 Å². The quantitative estimate of drug-likeness (QED) is 0.667. The lowest BCUT2D eigenvalue weighted by Gasteiger charge is -2.17. The van der Waals surface area contributed by atoms with E-state index in [0.29, 0.717) is 5.70 Å². The van der Waals surface area contributed by atoms with Gasteiger partial charge in [-0.2, -0.15) is 0 Å². The maximum absolute atomic E-state index is 12.6. The molecule has 5 heteroatoms. The maximum Gasteiger partial charge on any atom is 0.329 e. The number of hydrogen-bond donors (Lipinski definition) is 1. The van der Waals surface area contributed by atoms with E-state index in [9.17, 15) is 9.59 Å². The number of benzene rings is 2. The second-order valence-electron chi connectivity index (χ2n) is 7.15. The van der Waals surface area contributed by atoms with Gasteiger partial charge in [0.1, 0.15) is 5.70 Å². The maximum atomic E-state index is 12.6. The molecule has 2 fully saturated rings. The van der Waals surface area contributed by atoms with Crippen LogP contribution < -0.4 is 10.2 Å². The van der Waals surface area contributed by atoms with Crippen LogP contribution in [0.1, 0.15) is 29.5 Å². The third-order valence-corrected chi connectivity index (χ3v) is 5.10. The first-order valence-electron chi connectivity index (χ1n) is 9.35. The molecule has 2 saturated heterocycles. The van der Waals surface area contributed by atoms with Gasteiger partial charge in [0, 0.05) is 18.8 Å². The van der Waals surface area contributed by atoms with Gasteiger partial charge in [-0.1, -0.05) is 42.0 Å². The smallest absolute Gasteiger partial charge is 0.329 e. The summed E-state index contributed by atoms with van der Waals surface area (Å²) in [5, 5.41) is 2.69. The summed E-state index contributed by atoms with van der Waals surface area (Å²) in [5.74, 6) is -0.288. The van der Waals surface area contributed by atoms with Crippen molar-refractivity contribution in [1.29, 1.82) is 0 Å². The highest BCUT2D eigenvalue weighted by atomic mass is 16.2. The van der Waals surface area contributed by atoms with Gasteiger partial charge in [-0.15, -0.1) is 0 Å². The average molecular weight is 361 g/mol. The number of imide groups is 1. The molecule has 1 N–H and O–H groups in total. The van der Waals surface area contributed by atoms with E-state index >= 15 is 0 Å². The van der Waals surface area contributed by atoms with Gasteiger partial charge in [0.15, 0.2) is 0 Å². The molecule has 0 unspecified atom stereocenters. The number of amides is 3. The Hall–Kier alpha value is -3.08. The molecule has 0 radical (unpaired) electrons. The minimum Gasteiger partial charge on any atom is -0.372 e. The zero-order valence-corrected chi connectivity index (χ0v) is 15.4. The van der Waals surface area contributed by atoms with E-state index in [-0.39, 0.29) is 18.5 Å². The molecule has 0 aliphatic carbocycles. The Labute approximate surface area is 159 Å². The second kappa shape index (κ2) is 7.27. The molecule has 3 amide bonds. The van der Waals surface area contributed by atoms with E-state index in [2.05, 4.69) is 22.3 Å². The number of anilines is 1. The SMILES string of the molecule is Cc1ccc(CN2C(=O)N/C(=C\c3ccc(N4CCCC4)cc3)C2=O)cc1. The number of urea groups is 1. The number of rotatable bonds is 4. The van der Waals surface area contributed by atoms with E-state index in [1.165, 1.54) is 23.4 Å². The summed E-state index contributed by atoms with van der Waals surface area (Å²) in [4.78, 5) is 28.5. The Bertz CT molecular complexity index is 879. The van der Waals surface area contributed by atoms with Crippen LogP contribution in [0.2, 0.25) is 0 Å². The van der Waals surface area contributed by atoms with Gasteiger partial charge < -0.3 is 10.2 Å². The van der Waals surface area contributed by atoms with E-state index in [1.54, 1.807) is 6.08 Å². The molecule has 0 saturated carbocycles. The first-order chi connectivity index (χ1) is 13.1. The van der Waals surface area contributed by atoms with Crippen LogP contribution in [0.25, 0.3) is 6.08 Å². The Morgan fingerprint density at radius 3 is 2.30 bits per heavy atom. The number of carbonyl (C=O) groups excluding carboxylic acids is 2. The van der Waals surface area contributed by atoms with E-state index in [0.717, 1.165) is 29.8 Å². The zero-order valence-electron chi connectivity index (χ0n) is 15.4. The lowest BCUT2D eigenvalue weighted by molar-refractivity contribution is -0.123. The minimum atomic E-state index is -0.375. The highest BCUT2D eigenvalue weighted by molar-refractivity contribution is 6.13. The molecule has 2 heterocycles. The van der Waals surface area contributed by atoms with Crippen LogP contribution in [0, 0.1) is 6.92 Å². The van der Waals surface area contributed by atoms with E-state index in [4.69, 9.17) is 0 Å². The van der Waals surface area contributed by atoms with Gasteiger partial charge in [-0.05, 0) is 49.1 Å². The van der Waals surface area contributed by atoms with Gasteiger partial charge >= 0.3 is 6.03 Å². The third kappa shape index (κ3) is 3.72. The summed E-state index contributed by atoms with van der Waals surface area (Å²) in [6.45, 7) is 4.48. The summed E-state index contributed by atoms with van der Waals surface area (Å²) in [6, 6.07) is 15.6. The largest absolute Gasteiger partial charge is 0.372 e. The molecule has 4 rings (SSSR count). The first-order valence-corrected chi connectivity index (χ1v) is 9.35. The van der Waals surface area contributed by atoms with Crippen molar-refractivity contribution in [2.24, 2.45) is 0 Å². The molecular formula is C22H23N3O2. The monoisotopic (exact) mass is 361 g/mol. The number of carbonyl (C=O) groups is 2. The normalized spacial score (nSPS) is 18.5. The predicted octanol–water partition coefficient (Wildman–Crippen LogP) is 3.69. The second-order valence-corrected chi connectivity index (χ2v) is 7.15. The van der Waals surface area contributed by atoms with Crippen molar-refractivity contribution in [3.05, 3.63) is 70.9 Å². The Morgan fingerprint density at radius 1 is 0.963 bits per heavy atom. The van der Waals surface area contributed by atoms with E-state index < -0.39 is 0 Å². The van der Waals surface area contributed by atoms with Crippen LogP contribution in [0.4, 0.5) is 10.5 Å². The Balaban J connectivity index is 1.48. The van der Waals surface area contributed by atoms with Crippen molar-refractivity contribution in [1.82, 2.24) is 10.2 Å². The fraction of sp³-hybridized carbons (Fsp3) is 0.273. The number of nitrogens with zero attached hydrogens (tertiary/aromatic N) is 2. The average Bonchev–Trinajstić information content (AvgIpc) is 3.29. The number of nitrogens with one attached hydrogen (secondary N) is 1. The number of hydrogen-bond acceptors (Lipinski definition) is 3. The fourth-order valence-corrected chi connectivity index (χ4v) is 3.51. The van der Waals surface area contributed by atoms with Crippen LogP contribution in [0.15, 0.2) is 54.2 Å². The van der Waals surface area contributed by atoms with Crippen molar-refractivity contribution in [3.8, 4) is 0 Å². The van der Waals surface area contributed by atoms with Gasteiger partial charge in [0.05, 0.1) is 6.54 Å². The minimum absolute atomic E-state index is 0.274. The summed E-state index contributed by atoms with van der Waals surface area (Å²) < 4.78 is 0. The molecule has 138 valence electrons. The van der Waals surface area contributed by atoms with E-state index in [1.807, 2.05) is 43.3 Å². The summed E-state index contributed by atoms with van der Waals surface area (Å²) in [5.41, 5.74) is 4.51. The van der Waals surface area contributed by atoms with Gasteiger partial charge in [0.2, 0.25) is 0 Å². The lowest BCUT2D eigenvalue weighted by atomic mass is 10.1. The molecule has 2 aliphatic rings. The van der Waals surface area contributed by atoms with Gasteiger partial charge in [-0.25, -0.2) is 4.79 Å². The highest BCUT2D eigenvalue weighted by Gasteiger charge is 2.33. The van der Waals surface area contributed by atoms with Crippen LogP contribution in [0.5, 0.6) is 0 Å². The molecule has 2 aliphatic heterocycles. The Morgan fingerprint density at radius 2 is 1.63 bits per heavy atom. The lowest BCUT2D eigenvalue weighted by Crippen LogP contribution is -2.30. The fourth-order valence-electron chi connectivity index (χ4n) is 3.51. The van der Waals surface area contributed by atoms with Crippen molar-refractivity contribution >= 4 is 23.7 Å². The molecule has 27 heavy (non-hydrogen) atoms. The first kappa shape index (κ1) is 17.3. The summed E-state index contributed by atoms with van der Waals surface area (Å²) in [6.07, 6.45) is 4.22. The Kier molecular flexibility index (Phi) is 4.67. The molecule has 5 nitrogen and oxygen atoms in total. The van der Waals surface area contributed by atoms with Gasteiger partial charge in [-0.3, -0.25) is 9.69 Å². The number of aryl methyl sites for hydroxylation is 1. The standard InChI is InChI=1S/C22H23N3O2/c1-16-4-6-18(7-5-16)15-25-21(26)20(23-22(25)27)14-17-8-10-19(11-9-17)24-12-2-3-13-24/h4-11,14H,2-3,12-13,15H2,1H3,(H,23,27)/b20-14-. The topological polar surface area (TPSA) is 52.7 Å². The van der Waals surface area contributed by atoms with Crippen LogP contribution >= 0.6 is 0 Å². The van der Waals surface area contributed by atoms with Crippen molar-refractivity contribution in [2.45, 2.75) is 26.3 Å². The molecule has 0 spiro atoms. The van der Waals surface area contributed by atoms with Crippen molar-refractivity contribution < 1.29 is 9.59 Å². The van der Waals surface area contributed by atoms with Crippen LogP contribution in [-0.4, -0.2) is 29.9 Å². The molecule has 0 aromatic heterocycles. The molecule has 2 aromatic carbocycles. The predicted molar refractivity (Wildman–Crippen MR) is 106 cm³/mol. The third-order valence-electron chi connectivity index (χ3n) is 5.10. The summed E-state index contributed by atoms with van der Waals surface area (Å²) >= 11 is 0. The van der Waals surface area contributed by atoms with Crippen molar-refractivity contribution in [3.63, 3.8) is 0 Å². The van der Waals surface area contributed by atoms with Crippen LogP contribution in [-0.2, 0) is 11.3 Å². The molecule has 0 atom stereocenters. The highest BCUT2D eigenvalue weighted by Crippen LogP contribution is 2.22. The molecule has 2 aromatic rings. The van der Waals surface area contributed by atoms with Crippen molar-refractivity contribution in [2.75, 3.05) is 18.0 Å². The zero-order chi connectivity index (χ0) is 18.8. The summed E-state index contributed by atoms with van der Waals surface area (Å²) in [7, 11) is 0. The molecule has 0 bridgehead atoms. The van der Waals surface area contributed by atoms with Gasteiger partial charge in [0.25, 0.3) is 5.91 Å².